The summed E-state index contributed by atoms with van der Waals surface area (Å²) in [5.74, 6) is -1.45. The first kappa shape index (κ1) is 18.7. The Balaban J connectivity index is 1.74. The zero-order chi connectivity index (χ0) is 19.4. The summed E-state index contributed by atoms with van der Waals surface area (Å²) in [7, 11) is 0. The molecule has 3 aromatic rings. The second-order valence-corrected chi connectivity index (χ2v) is 6.32. The van der Waals surface area contributed by atoms with Gasteiger partial charge in [-0.05, 0) is 54.6 Å². The van der Waals surface area contributed by atoms with Gasteiger partial charge in [0.2, 0.25) is 0 Å². The fraction of sp³-hybridized carbons (Fsp3) is 0. The normalized spacial score (nSPS) is 10.9. The Morgan fingerprint density at radius 1 is 1.07 bits per heavy atom. The van der Waals surface area contributed by atoms with Gasteiger partial charge in [0.05, 0.1) is 28.1 Å². The van der Waals surface area contributed by atoms with E-state index in [0.29, 0.717) is 10.7 Å². The second-order valence-electron chi connectivity index (χ2n) is 5.48. The fourth-order valence-electron chi connectivity index (χ4n) is 2.39. The molecule has 0 unspecified atom stereocenters. The first-order chi connectivity index (χ1) is 13.0. The molecule has 27 heavy (non-hydrogen) atoms. The maximum atomic E-state index is 12.1. The van der Waals surface area contributed by atoms with Crippen LogP contribution in [0.2, 0.25) is 10.0 Å². The molecule has 2 aromatic carbocycles. The van der Waals surface area contributed by atoms with Crippen LogP contribution in [0.1, 0.15) is 26.4 Å². The third kappa shape index (κ3) is 4.36. The number of rotatable bonds is 5. The Hall–Kier alpha value is -3.09. The monoisotopic (exact) mass is 401 g/mol. The number of nitrogens with zero attached hydrogens (tertiary/aromatic N) is 2. The van der Waals surface area contributed by atoms with E-state index in [-0.39, 0.29) is 16.1 Å². The molecular formula is C19H13Cl2N3O3. The van der Waals surface area contributed by atoms with Crippen LogP contribution in [0.25, 0.3) is 5.69 Å². The summed E-state index contributed by atoms with van der Waals surface area (Å²) in [6.07, 6.45) is 3.28. The lowest BCUT2D eigenvalue weighted by molar-refractivity contribution is 0.0696. The number of aromatic nitrogens is 1. The highest BCUT2D eigenvalue weighted by molar-refractivity contribution is 6.36. The molecule has 0 aliphatic heterocycles. The summed E-state index contributed by atoms with van der Waals surface area (Å²) in [6.45, 7) is 0. The molecule has 8 heteroatoms. The van der Waals surface area contributed by atoms with E-state index in [2.05, 4.69) is 10.5 Å². The molecule has 0 saturated carbocycles. The number of amides is 1. The van der Waals surface area contributed by atoms with Crippen molar-refractivity contribution in [1.29, 1.82) is 0 Å². The molecule has 0 spiro atoms. The lowest BCUT2D eigenvalue weighted by atomic mass is 10.2. The number of hydrogen-bond donors (Lipinski definition) is 2. The van der Waals surface area contributed by atoms with Crippen molar-refractivity contribution in [3.05, 3.63) is 87.7 Å². The lowest BCUT2D eigenvalue weighted by Crippen LogP contribution is -2.18. The molecule has 0 radical (unpaired) electrons. The Labute approximate surface area is 164 Å². The van der Waals surface area contributed by atoms with E-state index in [4.69, 9.17) is 28.3 Å². The Morgan fingerprint density at radius 2 is 1.81 bits per heavy atom. The van der Waals surface area contributed by atoms with E-state index in [9.17, 15) is 9.59 Å². The van der Waals surface area contributed by atoms with Crippen LogP contribution in [0, 0.1) is 0 Å². The molecular weight excluding hydrogens is 389 g/mol. The minimum absolute atomic E-state index is 0.202. The SMILES string of the molecule is O=C(O)c1ccc(-n2cccc2/C=N\NC(=O)c2ccc(Cl)cc2Cl)cc1. The van der Waals surface area contributed by atoms with Crippen LogP contribution in [0.5, 0.6) is 0 Å². The van der Waals surface area contributed by atoms with Crippen LogP contribution in [-0.4, -0.2) is 27.8 Å². The number of carboxylic acid groups (broad SMARTS) is 1. The van der Waals surface area contributed by atoms with Gasteiger partial charge in [0.1, 0.15) is 0 Å². The Kier molecular flexibility index (Phi) is 5.59. The second kappa shape index (κ2) is 8.07. The van der Waals surface area contributed by atoms with Gasteiger partial charge in [-0.3, -0.25) is 4.79 Å². The standard InChI is InChI=1S/C19H13Cl2N3O3/c20-13-5-8-16(17(21)10-13)18(25)23-22-11-15-2-1-9-24(15)14-6-3-12(4-7-14)19(26)27/h1-11H,(H,23,25)(H,26,27)/b22-11-. The van der Waals surface area contributed by atoms with Gasteiger partial charge in [-0.2, -0.15) is 5.10 Å². The number of hydrogen-bond acceptors (Lipinski definition) is 3. The molecule has 0 aliphatic rings. The smallest absolute Gasteiger partial charge is 0.335 e. The van der Waals surface area contributed by atoms with Gasteiger partial charge in [-0.25, -0.2) is 10.2 Å². The van der Waals surface area contributed by atoms with Gasteiger partial charge in [-0.1, -0.05) is 23.2 Å². The van der Waals surface area contributed by atoms with Crippen LogP contribution in [-0.2, 0) is 0 Å². The minimum Gasteiger partial charge on any atom is -0.478 e. The minimum atomic E-state index is -0.987. The lowest BCUT2D eigenvalue weighted by Gasteiger charge is -2.07. The predicted molar refractivity (Wildman–Crippen MR) is 104 cm³/mol. The summed E-state index contributed by atoms with van der Waals surface area (Å²) in [5, 5.41) is 13.6. The molecule has 1 aromatic heterocycles. The highest BCUT2D eigenvalue weighted by atomic mass is 35.5. The van der Waals surface area contributed by atoms with Crippen LogP contribution < -0.4 is 5.43 Å². The maximum Gasteiger partial charge on any atom is 0.335 e. The number of nitrogens with one attached hydrogen (secondary N) is 1. The van der Waals surface area contributed by atoms with Gasteiger partial charge < -0.3 is 9.67 Å². The molecule has 0 aliphatic carbocycles. The van der Waals surface area contributed by atoms with Gasteiger partial charge >= 0.3 is 5.97 Å². The molecule has 0 fully saturated rings. The van der Waals surface area contributed by atoms with E-state index in [1.807, 2.05) is 6.07 Å². The summed E-state index contributed by atoms with van der Waals surface area (Å²) in [6, 6.07) is 14.6. The topological polar surface area (TPSA) is 83.7 Å². The average molecular weight is 402 g/mol. The molecule has 1 amide bonds. The van der Waals surface area contributed by atoms with Crippen molar-refractivity contribution in [3.63, 3.8) is 0 Å². The van der Waals surface area contributed by atoms with E-state index < -0.39 is 11.9 Å². The van der Waals surface area contributed by atoms with Gasteiger partial charge in [0.15, 0.2) is 0 Å². The van der Waals surface area contributed by atoms with E-state index in [1.54, 1.807) is 35.0 Å². The summed E-state index contributed by atoms with van der Waals surface area (Å²) in [4.78, 5) is 23.1. The quantitative estimate of drug-likeness (QED) is 0.495. The van der Waals surface area contributed by atoms with Crippen molar-refractivity contribution in [3.8, 4) is 5.69 Å². The Morgan fingerprint density at radius 3 is 2.48 bits per heavy atom. The third-order valence-corrected chi connectivity index (χ3v) is 4.26. The highest BCUT2D eigenvalue weighted by Crippen LogP contribution is 2.20. The van der Waals surface area contributed by atoms with Crippen LogP contribution in [0.15, 0.2) is 65.9 Å². The summed E-state index contributed by atoms with van der Waals surface area (Å²) in [5.41, 5.74) is 4.33. The molecule has 0 saturated heterocycles. The molecule has 136 valence electrons. The fourth-order valence-corrected chi connectivity index (χ4v) is 2.88. The molecule has 1 heterocycles. The van der Waals surface area contributed by atoms with Crippen molar-refractivity contribution in [1.82, 2.24) is 9.99 Å². The number of hydrazone groups is 1. The van der Waals surface area contributed by atoms with E-state index in [0.717, 1.165) is 5.69 Å². The van der Waals surface area contributed by atoms with Crippen LogP contribution >= 0.6 is 23.2 Å². The molecule has 0 bridgehead atoms. The van der Waals surface area contributed by atoms with Crippen LogP contribution in [0.3, 0.4) is 0 Å². The van der Waals surface area contributed by atoms with Gasteiger partial charge in [-0.15, -0.1) is 0 Å². The summed E-state index contributed by atoms with van der Waals surface area (Å²) < 4.78 is 1.80. The van der Waals surface area contributed by atoms with Gasteiger partial charge in [0.25, 0.3) is 5.91 Å². The van der Waals surface area contributed by atoms with E-state index in [1.165, 1.54) is 30.5 Å². The molecule has 6 nitrogen and oxygen atoms in total. The first-order valence-corrected chi connectivity index (χ1v) is 8.51. The zero-order valence-corrected chi connectivity index (χ0v) is 15.3. The van der Waals surface area contributed by atoms with Crippen LogP contribution in [0.4, 0.5) is 0 Å². The Bertz CT molecular complexity index is 1030. The maximum absolute atomic E-state index is 12.1. The summed E-state index contributed by atoms with van der Waals surface area (Å²) >= 11 is 11.8. The number of carbonyl (C=O) groups is 2. The van der Waals surface area contributed by atoms with E-state index >= 15 is 0 Å². The highest BCUT2D eigenvalue weighted by Gasteiger charge is 2.10. The first-order valence-electron chi connectivity index (χ1n) is 7.75. The number of halogens is 2. The molecule has 3 rings (SSSR count). The van der Waals surface area contributed by atoms with Crippen molar-refractivity contribution in [2.24, 2.45) is 5.10 Å². The van der Waals surface area contributed by atoms with Crippen molar-refractivity contribution in [2.75, 3.05) is 0 Å². The number of benzene rings is 2. The zero-order valence-electron chi connectivity index (χ0n) is 13.8. The molecule has 2 N–H and O–H groups in total. The van der Waals surface area contributed by atoms with Crippen molar-refractivity contribution >= 4 is 41.3 Å². The van der Waals surface area contributed by atoms with Crippen molar-refractivity contribution in [2.45, 2.75) is 0 Å². The van der Waals surface area contributed by atoms with Crippen molar-refractivity contribution < 1.29 is 14.7 Å². The number of carboxylic acids is 1. The number of carbonyl (C=O) groups excluding carboxylic acids is 1. The average Bonchev–Trinajstić information content (AvgIpc) is 3.10. The number of aromatic carboxylic acids is 1. The molecule has 0 atom stereocenters. The van der Waals surface area contributed by atoms with Gasteiger partial charge in [0, 0.05) is 16.9 Å². The predicted octanol–water partition coefficient (Wildman–Crippen LogP) is 4.25. The third-order valence-electron chi connectivity index (χ3n) is 3.71. The largest absolute Gasteiger partial charge is 0.478 e.